The Kier molecular flexibility index (Phi) is 6.06. The van der Waals surface area contributed by atoms with Crippen LogP contribution in [-0.4, -0.2) is 24.5 Å². The second-order valence-electron chi connectivity index (χ2n) is 5.04. The predicted molar refractivity (Wildman–Crippen MR) is 75.4 cm³/mol. The number of likely N-dealkylation sites (tertiary alicyclic amines) is 1. The van der Waals surface area contributed by atoms with E-state index in [2.05, 4.69) is 4.90 Å². The first-order valence-electron chi connectivity index (χ1n) is 6.36. The standard InChI is InChI=1S/C14H21FN2.ClH/c1-11-8-13(2-3-14(11)15)10-17-6-4-12(9-16)5-7-17;/h2-3,8,12H,4-7,9-10,16H2,1H3;1H. The van der Waals surface area contributed by atoms with Crippen molar-refractivity contribution in [2.45, 2.75) is 26.3 Å². The van der Waals surface area contributed by atoms with Crippen molar-refractivity contribution in [2.24, 2.45) is 11.7 Å². The molecule has 1 fully saturated rings. The minimum Gasteiger partial charge on any atom is -0.330 e. The summed E-state index contributed by atoms with van der Waals surface area (Å²) >= 11 is 0. The summed E-state index contributed by atoms with van der Waals surface area (Å²) in [4.78, 5) is 2.43. The normalized spacial score (nSPS) is 17.5. The lowest BCUT2D eigenvalue weighted by atomic mass is 9.97. The predicted octanol–water partition coefficient (Wildman–Crippen LogP) is 2.73. The molecule has 1 aliphatic rings. The Labute approximate surface area is 115 Å². The van der Waals surface area contributed by atoms with Crippen molar-refractivity contribution >= 4 is 12.4 Å². The molecule has 0 spiro atoms. The van der Waals surface area contributed by atoms with Gasteiger partial charge < -0.3 is 5.73 Å². The van der Waals surface area contributed by atoms with Crippen LogP contribution in [0.5, 0.6) is 0 Å². The molecule has 0 amide bonds. The summed E-state index contributed by atoms with van der Waals surface area (Å²) in [5.74, 6) is 0.580. The molecule has 0 atom stereocenters. The number of piperidine rings is 1. The lowest BCUT2D eigenvalue weighted by molar-refractivity contribution is 0.180. The topological polar surface area (TPSA) is 29.3 Å². The zero-order chi connectivity index (χ0) is 12.3. The smallest absolute Gasteiger partial charge is 0.126 e. The van der Waals surface area contributed by atoms with Gasteiger partial charge in [0.2, 0.25) is 0 Å². The molecule has 1 saturated heterocycles. The van der Waals surface area contributed by atoms with Crippen LogP contribution in [0.2, 0.25) is 0 Å². The van der Waals surface area contributed by atoms with Crippen LogP contribution in [-0.2, 0) is 6.54 Å². The molecule has 1 aromatic rings. The average molecular weight is 273 g/mol. The monoisotopic (exact) mass is 272 g/mol. The summed E-state index contributed by atoms with van der Waals surface area (Å²) in [6.07, 6.45) is 2.38. The number of rotatable bonds is 3. The molecule has 0 radical (unpaired) electrons. The Balaban J connectivity index is 0.00000162. The van der Waals surface area contributed by atoms with Crippen molar-refractivity contribution in [3.63, 3.8) is 0 Å². The summed E-state index contributed by atoms with van der Waals surface area (Å²) in [7, 11) is 0. The average Bonchev–Trinajstić information content (AvgIpc) is 2.35. The Bertz CT molecular complexity index is 376. The maximum absolute atomic E-state index is 13.1. The number of benzene rings is 1. The van der Waals surface area contributed by atoms with E-state index in [1.54, 1.807) is 6.07 Å². The van der Waals surface area contributed by atoms with Crippen molar-refractivity contribution in [3.8, 4) is 0 Å². The highest BCUT2D eigenvalue weighted by Crippen LogP contribution is 2.18. The molecule has 0 aliphatic carbocycles. The first-order valence-corrected chi connectivity index (χ1v) is 6.36. The fourth-order valence-corrected chi connectivity index (χ4v) is 2.44. The largest absolute Gasteiger partial charge is 0.330 e. The molecule has 4 heteroatoms. The van der Waals surface area contributed by atoms with Gasteiger partial charge in [-0.2, -0.15) is 0 Å². The Hall–Kier alpha value is -0.640. The Morgan fingerprint density at radius 2 is 2.00 bits per heavy atom. The highest BCUT2D eigenvalue weighted by molar-refractivity contribution is 5.85. The highest BCUT2D eigenvalue weighted by Gasteiger charge is 2.17. The third kappa shape index (κ3) is 3.94. The van der Waals surface area contributed by atoms with Gasteiger partial charge in [-0.1, -0.05) is 12.1 Å². The van der Waals surface area contributed by atoms with Crippen LogP contribution in [0.4, 0.5) is 4.39 Å². The van der Waals surface area contributed by atoms with Crippen LogP contribution >= 0.6 is 12.4 Å². The number of aryl methyl sites for hydroxylation is 1. The number of hydrogen-bond donors (Lipinski definition) is 1. The maximum Gasteiger partial charge on any atom is 0.126 e. The summed E-state index contributed by atoms with van der Waals surface area (Å²) in [6.45, 7) is 5.78. The van der Waals surface area contributed by atoms with Crippen molar-refractivity contribution in [2.75, 3.05) is 19.6 Å². The van der Waals surface area contributed by atoms with Gasteiger partial charge in [-0.15, -0.1) is 12.4 Å². The van der Waals surface area contributed by atoms with Gasteiger partial charge in [0.1, 0.15) is 5.82 Å². The van der Waals surface area contributed by atoms with Crippen molar-refractivity contribution < 1.29 is 4.39 Å². The van der Waals surface area contributed by atoms with E-state index in [9.17, 15) is 4.39 Å². The summed E-state index contributed by atoms with van der Waals surface area (Å²) in [5, 5.41) is 0. The van der Waals surface area contributed by atoms with E-state index in [1.165, 1.54) is 18.4 Å². The molecular formula is C14H22ClFN2. The Morgan fingerprint density at radius 3 is 2.56 bits per heavy atom. The lowest BCUT2D eigenvalue weighted by Gasteiger charge is -2.31. The van der Waals surface area contributed by atoms with E-state index in [4.69, 9.17) is 5.73 Å². The summed E-state index contributed by atoms with van der Waals surface area (Å²) in [6, 6.07) is 5.40. The molecular weight excluding hydrogens is 251 g/mol. The number of nitrogens with two attached hydrogens (primary N) is 1. The molecule has 1 aromatic carbocycles. The quantitative estimate of drug-likeness (QED) is 0.917. The van der Waals surface area contributed by atoms with Crippen LogP contribution in [0, 0.1) is 18.7 Å². The van der Waals surface area contributed by atoms with E-state index in [1.807, 2.05) is 19.1 Å². The molecule has 0 bridgehead atoms. The molecule has 0 unspecified atom stereocenters. The minimum atomic E-state index is -0.115. The first-order chi connectivity index (χ1) is 8.19. The van der Waals surface area contributed by atoms with Gasteiger partial charge in [-0.3, -0.25) is 4.90 Å². The van der Waals surface area contributed by atoms with E-state index < -0.39 is 0 Å². The molecule has 18 heavy (non-hydrogen) atoms. The van der Waals surface area contributed by atoms with Gasteiger partial charge in [0.25, 0.3) is 0 Å². The number of hydrogen-bond acceptors (Lipinski definition) is 2. The van der Waals surface area contributed by atoms with Gasteiger partial charge in [0, 0.05) is 6.54 Å². The zero-order valence-electron chi connectivity index (χ0n) is 10.9. The third-order valence-electron chi connectivity index (χ3n) is 3.67. The molecule has 2 N–H and O–H groups in total. The van der Waals surface area contributed by atoms with Crippen LogP contribution < -0.4 is 5.73 Å². The molecule has 2 rings (SSSR count). The van der Waals surface area contributed by atoms with Gasteiger partial charge in [0.15, 0.2) is 0 Å². The molecule has 1 heterocycles. The van der Waals surface area contributed by atoms with Crippen LogP contribution in [0.1, 0.15) is 24.0 Å². The number of halogens is 2. The highest BCUT2D eigenvalue weighted by atomic mass is 35.5. The second kappa shape index (κ2) is 7.07. The molecule has 0 saturated carbocycles. The molecule has 0 aromatic heterocycles. The third-order valence-corrected chi connectivity index (χ3v) is 3.67. The van der Waals surface area contributed by atoms with Gasteiger partial charge in [-0.25, -0.2) is 4.39 Å². The van der Waals surface area contributed by atoms with E-state index in [0.717, 1.165) is 31.7 Å². The first kappa shape index (κ1) is 15.4. The fourth-order valence-electron chi connectivity index (χ4n) is 2.44. The van der Waals surface area contributed by atoms with Crippen LogP contribution in [0.15, 0.2) is 18.2 Å². The van der Waals surface area contributed by atoms with Crippen molar-refractivity contribution in [1.82, 2.24) is 4.90 Å². The molecule has 2 nitrogen and oxygen atoms in total. The Morgan fingerprint density at radius 1 is 1.33 bits per heavy atom. The van der Waals surface area contributed by atoms with Gasteiger partial charge in [0.05, 0.1) is 0 Å². The van der Waals surface area contributed by atoms with E-state index in [0.29, 0.717) is 5.92 Å². The van der Waals surface area contributed by atoms with E-state index >= 15 is 0 Å². The maximum atomic E-state index is 13.1. The minimum absolute atomic E-state index is 0. The summed E-state index contributed by atoms with van der Waals surface area (Å²) in [5.41, 5.74) is 7.62. The fraction of sp³-hybridized carbons (Fsp3) is 0.571. The second-order valence-corrected chi connectivity index (χ2v) is 5.04. The SMILES string of the molecule is Cc1cc(CN2CCC(CN)CC2)ccc1F.Cl. The van der Waals surface area contributed by atoms with Crippen molar-refractivity contribution in [1.29, 1.82) is 0 Å². The molecule has 102 valence electrons. The lowest BCUT2D eigenvalue weighted by Crippen LogP contribution is -2.35. The van der Waals surface area contributed by atoms with Gasteiger partial charge >= 0.3 is 0 Å². The van der Waals surface area contributed by atoms with Crippen molar-refractivity contribution in [3.05, 3.63) is 35.1 Å². The zero-order valence-corrected chi connectivity index (χ0v) is 11.7. The van der Waals surface area contributed by atoms with Crippen LogP contribution in [0.25, 0.3) is 0 Å². The summed E-state index contributed by atoms with van der Waals surface area (Å²) < 4.78 is 13.1. The van der Waals surface area contributed by atoms with E-state index in [-0.39, 0.29) is 18.2 Å². The van der Waals surface area contributed by atoms with Gasteiger partial charge in [-0.05, 0) is 62.5 Å². The van der Waals surface area contributed by atoms with Crippen LogP contribution in [0.3, 0.4) is 0 Å². The number of nitrogens with zero attached hydrogens (tertiary/aromatic N) is 1. The molecule has 1 aliphatic heterocycles.